The summed E-state index contributed by atoms with van der Waals surface area (Å²) in [5.74, 6) is 0.793. The van der Waals surface area contributed by atoms with Crippen LogP contribution in [-0.4, -0.2) is 55.3 Å². The number of carbonyl (C=O) groups excluding carboxylic acids is 1. The van der Waals surface area contributed by atoms with E-state index in [2.05, 4.69) is 15.4 Å². The summed E-state index contributed by atoms with van der Waals surface area (Å²) in [6.07, 6.45) is 7.19. The highest BCUT2D eigenvalue weighted by Gasteiger charge is 2.30. The van der Waals surface area contributed by atoms with E-state index < -0.39 is 0 Å². The highest BCUT2D eigenvalue weighted by atomic mass is 16.5. The lowest BCUT2D eigenvalue weighted by atomic mass is 10.2. The molecule has 0 spiro atoms. The van der Waals surface area contributed by atoms with Crippen LogP contribution in [0.2, 0.25) is 0 Å². The Morgan fingerprint density at radius 2 is 2.16 bits per heavy atom. The number of aromatic nitrogens is 5. The zero-order valence-electron chi connectivity index (χ0n) is 14.8. The van der Waals surface area contributed by atoms with Crippen molar-refractivity contribution in [3.8, 4) is 0 Å². The molecule has 1 amide bonds. The van der Waals surface area contributed by atoms with E-state index in [9.17, 15) is 4.79 Å². The van der Waals surface area contributed by atoms with Crippen LogP contribution in [0, 0.1) is 12.8 Å². The first-order valence-electron chi connectivity index (χ1n) is 8.88. The molecule has 1 unspecified atom stereocenters. The van der Waals surface area contributed by atoms with Crippen molar-refractivity contribution in [1.29, 1.82) is 0 Å². The fourth-order valence-corrected chi connectivity index (χ4v) is 3.29. The van der Waals surface area contributed by atoms with Gasteiger partial charge in [-0.2, -0.15) is 5.10 Å². The summed E-state index contributed by atoms with van der Waals surface area (Å²) in [5, 5.41) is 12.7. The quantitative estimate of drug-likeness (QED) is 0.790. The fourth-order valence-electron chi connectivity index (χ4n) is 3.29. The minimum Gasteiger partial charge on any atom is -0.375 e. The fraction of sp³-hybridized carbons (Fsp3) is 0.647. The van der Waals surface area contributed by atoms with Gasteiger partial charge in [0.15, 0.2) is 0 Å². The van der Waals surface area contributed by atoms with Gasteiger partial charge in [0.25, 0.3) is 5.91 Å². The maximum atomic E-state index is 12.7. The molecular formula is C17H24N6O2. The summed E-state index contributed by atoms with van der Waals surface area (Å²) in [5.41, 5.74) is 2.30. The normalized spacial score (nSPS) is 20.4. The van der Waals surface area contributed by atoms with Crippen molar-refractivity contribution in [3.05, 3.63) is 29.3 Å². The first kappa shape index (κ1) is 16.3. The number of ether oxygens (including phenoxy) is 1. The first-order valence-corrected chi connectivity index (χ1v) is 8.88. The molecule has 1 atom stereocenters. The van der Waals surface area contributed by atoms with Crippen molar-refractivity contribution in [3.63, 3.8) is 0 Å². The van der Waals surface area contributed by atoms with Gasteiger partial charge in [-0.25, -0.2) is 4.68 Å². The third kappa shape index (κ3) is 3.58. The highest BCUT2D eigenvalue weighted by Crippen LogP contribution is 2.29. The average molecular weight is 344 g/mol. The molecule has 0 aromatic carbocycles. The summed E-state index contributed by atoms with van der Waals surface area (Å²) in [6, 6.07) is 0.172. The molecule has 0 N–H and O–H groups in total. The van der Waals surface area contributed by atoms with Gasteiger partial charge in [-0.3, -0.25) is 9.48 Å². The molecular weight excluding hydrogens is 320 g/mol. The number of aryl methyl sites for hydroxylation is 2. The third-order valence-corrected chi connectivity index (χ3v) is 4.93. The lowest BCUT2D eigenvalue weighted by Crippen LogP contribution is -2.29. The average Bonchev–Trinajstić information content (AvgIpc) is 2.99. The monoisotopic (exact) mass is 344 g/mol. The second-order valence-corrected chi connectivity index (χ2v) is 7.14. The molecule has 1 aliphatic heterocycles. The van der Waals surface area contributed by atoms with Gasteiger partial charge in [0.05, 0.1) is 30.1 Å². The molecule has 25 heavy (non-hydrogen) atoms. The van der Waals surface area contributed by atoms with Gasteiger partial charge in [-0.05, 0) is 32.1 Å². The van der Waals surface area contributed by atoms with Crippen molar-refractivity contribution in [2.75, 3.05) is 19.7 Å². The molecule has 134 valence electrons. The molecule has 0 radical (unpaired) electrons. The Morgan fingerprint density at radius 1 is 1.32 bits per heavy atom. The molecule has 0 bridgehead atoms. The number of hydrogen-bond donors (Lipinski definition) is 0. The van der Waals surface area contributed by atoms with E-state index in [0.29, 0.717) is 18.7 Å². The molecule has 8 heteroatoms. The van der Waals surface area contributed by atoms with Gasteiger partial charge in [0.2, 0.25) is 0 Å². The number of nitrogens with zero attached hydrogens (tertiary/aromatic N) is 6. The van der Waals surface area contributed by atoms with Crippen LogP contribution >= 0.6 is 0 Å². The molecule has 2 aliphatic rings. The minimum atomic E-state index is 0.0428. The number of rotatable bonds is 6. The Hall–Kier alpha value is -2.22. The standard InChI is InChI=1S/C17H24N6O2/c1-12-16(9-21(2)19-12)17(24)22-6-5-15(8-22)23-7-14(18-20-23)11-25-10-13-3-4-13/h7,9,13,15H,3-6,8,10-11H2,1-2H3. The van der Waals surface area contributed by atoms with Crippen LogP contribution < -0.4 is 0 Å². The topological polar surface area (TPSA) is 78.1 Å². The van der Waals surface area contributed by atoms with Crippen LogP contribution in [0.1, 0.15) is 47.1 Å². The minimum absolute atomic E-state index is 0.0428. The summed E-state index contributed by atoms with van der Waals surface area (Å²) in [6.45, 7) is 4.58. The van der Waals surface area contributed by atoms with E-state index in [1.165, 1.54) is 12.8 Å². The van der Waals surface area contributed by atoms with E-state index in [4.69, 9.17) is 4.74 Å². The summed E-state index contributed by atoms with van der Waals surface area (Å²) in [7, 11) is 1.83. The van der Waals surface area contributed by atoms with Crippen LogP contribution in [0.25, 0.3) is 0 Å². The van der Waals surface area contributed by atoms with E-state index in [1.54, 1.807) is 10.9 Å². The summed E-state index contributed by atoms with van der Waals surface area (Å²) >= 11 is 0. The van der Waals surface area contributed by atoms with Crippen LogP contribution in [0.5, 0.6) is 0 Å². The molecule has 2 fully saturated rings. The maximum absolute atomic E-state index is 12.7. The van der Waals surface area contributed by atoms with E-state index >= 15 is 0 Å². The van der Waals surface area contributed by atoms with Crippen LogP contribution in [-0.2, 0) is 18.4 Å². The van der Waals surface area contributed by atoms with Crippen molar-refractivity contribution in [2.24, 2.45) is 13.0 Å². The molecule has 2 aromatic heterocycles. The van der Waals surface area contributed by atoms with Gasteiger partial charge in [0, 0.05) is 32.9 Å². The van der Waals surface area contributed by atoms with Gasteiger partial charge in [-0.15, -0.1) is 5.10 Å². The Bertz CT molecular complexity index is 763. The molecule has 4 rings (SSSR count). The number of amides is 1. The van der Waals surface area contributed by atoms with Crippen molar-refractivity contribution in [1.82, 2.24) is 29.7 Å². The van der Waals surface area contributed by atoms with Crippen LogP contribution in [0.15, 0.2) is 12.4 Å². The van der Waals surface area contributed by atoms with Crippen molar-refractivity contribution < 1.29 is 9.53 Å². The predicted octanol–water partition coefficient (Wildman–Crippen LogP) is 1.33. The molecule has 1 saturated carbocycles. The Kier molecular flexibility index (Phi) is 4.29. The Morgan fingerprint density at radius 3 is 2.88 bits per heavy atom. The Labute approximate surface area is 146 Å². The molecule has 1 saturated heterocycles. The summed E-state index contributed by atoms with van der Waals surface area (Å²) < 4.78 is 9.22. The zero-order valence-corrected chi connectivity index (χ0v) is 14.8. The number of carbonyl (C=O) groups is 1. The molecule has 1 aliphatic carbocycles. The van der Waals surface area contributed by atoms with Crippen molar-refractivity contribution in [2.45, 2.75) is 38.8 Å². The van der Waals surface area contributed by atoms with E-state index in [-0.39, 0.29) is 11.9 Å². The first-order chi connectivity index (χ1) is 12.1. The van der Waals surface area contributed by atoms with Gasteiger partial charge in [-0.1, -0.05) is 5.21 Å². The highest BCUT2D eigenvalue weighted by molar-refractivity contribution is 5.95. The second-order valence-electron chi connectivity index (χ2n) is 7.14. The van der Waals surface area contributed by atoms with E-state index in [0.717, 1.165) is 36.9 Å². The SMILES string of the molecule is Cc1nn(C)cc1C(=O)N1CCC(n2cc(COCC3CC3)nn2)C1. The smallest absolute Gasteiger partial charge is 0.257 e. The molecule has 3 heterocycles. The third-order valence-electron chi connectivity index (χ3n) is 4.93. The largest absolute Gasteiger partial charge is 0.375 e. The predicted molar refractivity (Wildman–Crippen MR) is 89.9 cm³/mol. The lowest BCUT2D eigenvalue weighted by molar-refractivity contribution is 0.0786. The number of hydrogen-bond acceptors (Lipinski definition) is 5. The van der Waals surface area contributed by atoms with Crippen molar-refractivity contribution >= 4 is 5.91 Å². The maximum Gasteiger partial charge on any atom is 0.257 e. The van der Waals surface area contributed by atoms with Gasteiger partial charge in [0.1, 0.15) is 5.69 Å². The molecule has 2 aromatic rings. The molecule has 8 nitrogen and oxygen atoms in total. The Balaban J connectivity index is 1.34. The van der Waals surface area contributed by atoms with Crippen LogP contribution in [0.3, 0.4) is 0 Å². The zero-order chi connectivity index (χ0) is 17.4. The van der Waals surface area contributed by atoms with Gasteiger partial charge < -0.3 is 9.64 Å². The van der Waals surface area contributed by atoms with Crippen LogP contribution in [0.4, 0.5) is 0 Å². The second kappa shape index (κ2) is 6.59. The van der Waals surface area contributed by atoms with E-state index in [1.807, 2.05) is 29.7 Å². The lowest BCUT2D eigenvalue weighted by Gasteiger charge is -2.16. The summed E-state index contributed by atoms with van der Waals surface area (Å²) in [4.78, 5) is 14.6. The number of likely N-dealkylation sites (tertiary alicyclic amines) is 1. The van der Waals surface area contributed by atoms with Gasteiger partial charge >= 0.3 is 0 Å².